The van der Waals surface area contributed by atoms with E-state index in [2.05, 4.69) is 20.8 Å². The summed E-state index contributed by atoms with van der Waals surface area (Å²) in [7, 11) is 0. The highest BCUT2D eigenvalue weighted by atomic mass is 16.8. The van der Waals surface area contributed by atoms with Gasteiger partial charge < -0.3 is 124 Å². The maximum Gasteiger partial charge on any atom is 0.335 e. The van der Waals surface area contributed by atoms with Gasteiger partial charge in [-0.15, -0.1) is 0 Å². The van der Waals surface area contributed by atoms with Crippen molar-refractivity contribution in [3.05, 3.63) is 23.3 Å². The molecule has 0 unspecified atom stereocenters. The molecular formula is C64H100O28. The number of carboxylic acid groups (broad SMARTS) is 1. The summed E-state index contributed by atoms with van der Waals surface area (Å²) in [5.41, 5.74) is -5.77. The van der Waals surface area contributed by atoms with Gasteiger partial charge in [-0.25, -0.2) is 14.4 Å². The molecule has 0 radical (unpaired) electrons. The molecule has 28 heteroatoms. The van der Waals surface area contributed by atoms with Gasteiger partial charge in [-0.05, 0) is 114 Å². The van der Waals surface area contributed by atoms with E-state index in [1.165, 1.54) is 6.92 Å². The summed E-state index contributed by atoms with van der Waals surface area (Å²) < 4.78 is 69.2. The molecule has 0 aromatic rings. The number of ether oxygens (including phenoxy) is 11. The number of carboxylic acids is 1. The van der Waals surface area contributed by atoms with Crippen molar-refractivity contribution in [3.8, 4) is 0 Å². The van der Waals surface area contributed by atoms with Gasteiger partial charge >= 0.3 is 17.9 Å². The molecule has 1 spiro atoms. The maximum atomic E-state index is 14.0. The predicted octanol–water partition coefficient (Wildman–Crippen LogP) is -0.937. The Kier molecular flexibility index (Phi) is 20.1. The van der Waals surface area contributed by atoms with Crippen LogP contribution in [0.4, 0.5) is 0 Å². The number of hydrogen-bond acceptors (Lipinski definition) is 27. The van der Waals surface area contributed by atoms with Gasteiger partial charge in [-0.2, -0.15) is 0 Å². The third kappa shape index (κ3) is 11.0. The summed E-state index contributed by atoms with van der Waals surface area (Å²) in [4.78, 5) is 41.0. The molecule has 2 bridgehead atoms. The van der Waals surface area contributed by atoms with Crippen LogP contribution in [0, 0.1) is 50.2 Å². The van der Waals surface area contributed by atoms with Crippen LogP contribution in [0.5, 0.6) is 0 Å². The first-order chi connectivity index (χ1) is 42.9. The number of aliphatic carboxylic acids is 1. The van der Waals surface area contributed by atoms with E-state index < -0.39 is 229 Å². The number of esters is 2. The van der Waals surface area contributed by atoms with Gasteiger partial charge in [0, 0.05) is 27.9 Å². The van der Waals surface area contributed by atoms with E-state index in [0.29, 0.717) is 44.1 Å². The average molecular weight is 1320 g/mol. The molecule has 0 amide bonds. The Balaban J connectivity index is 0.976. The van der Waals surface area contributed by atoms with Gasteiger partial charge in [-0.3, -0.25) is 0 Å². The molecular weight excluding hydrogens is 1220 g/mol. The lowest BCUT2D eigenvalue weighted by atomic mass is 9.30. The number of carbonyl (C=O) groups excluding carboxylic acids is 2. The van der Waals surface area contributed by atoms with E-state index in [0.717, 1.165) is 0 Å². The average Bonchev–Trinajstić information content (AvgIpc) is 1.37. The molecule has 10 aliphatic rings. The van der Waals surface area contributed by atoms with Crippen molar-refractivity contribution in [1.82, 2.24) is 0 Å². The molecule has 5 saturated heterocycles. The first kappa shape index (κ1) is 71.8. The molecule has 10 fully saturated rings. The molecule has 14 N–H and O–H groups in total. The van der Waals surface area contributed by atoms with Crippen molar-refractivity contribution in [2.24, 2.45) is 50.2 Å². The zero-order valence-electron chi connectivity index (χ0n) is 54.4. The number of hydrogen-bond donors (Lipinski definition) is 14. The number of rotatable bonds is 15. The van der Waals surface area contributed by atoms with E-state index in [9.17, 15) is 85.9 Å². The van der Waals surface area contributed by atoms with Crippen molar-refractivity contribution in [3.63, 3.8) is 0 Å². The van der Waals surface area contributed by atoms with Crippen LogP contribution in [0.15, 0.2) is 23.3 Å². The van der Waals surface area contributed by atoms with Crippen molar-refractivity contribution >= 4 is 17.9 Å². The van der Waals surface area contributed by atoms with Gasteiger partial charge in [0.15, 0.2) is 43.7 Å². The number of aliphatic hydroxyl groups is 13. The SMILES string of the molecule is C/C=C(/C)C(=O)O[C@H]1[C@H](OC(=O)/C(C)=C\C)[C@@]23[C@H](O)C[C@]4(C)[C@@](CC[C@@H]5[C@@]6(C)CC[C@H](O[C@@H]7O[C@H](C(=O)O)[C@@H](O)[C@H](O[C@@H]8O[C@H](CO)[C@H](O)[C@H](O)[C@H]8O[C@@H]8O[C@@H](C)[C@H](O)[C@@H](O)[C@H]8O)[C@H]7O[C@@H]7O[C@H](CO)[C@H](O)[C@H](O)[C@H]7O)C(C)(C)[C@@H]6CC[C@]54C)(O[C@@H]2O)[C@@H]3CC1(C)C. The zero-order chi connectivity index (χ0) is 67.8. The normalized spacial score (nSPS) is 52.4. The molecule has 5 heterocycles. The van der Waals surface area contributed by atoms with Crippen molar-refractivity contribution in [1.29, 1.82) is 0 Å². The summed E-state index contributed by atoms with van der Waals surface area (Å²) in [5.74, 6) is -3.89. The molecule has 5 saturated carbocycles. The van der Waals surface area contributed by atoms with Crippen LogP contribution in [-0.4, -0.2) is 262 Å². The summed E-state index contributed by atoms with van der Waals surface area (Å²) >= 11 is 0. The lowest BCUT2D eigenvalue weighted by Gasteiger charge is -2.75. The monoisotopic (exact) mass is 1320 g/mol. The number of aliphatic hydroxyl groups excluding tert-OH is 13. The second-order valence-corrected chi connectivity index (χ2v) is 30.0. The Morgan fingerprint density at radius 1 is 0.533 bits per heavy atom. The smallest absolute Gasteiger partial charge is 0.335 e. The Labute approximate surface area is 534 Å². The van der Waals surface area contributed by atoms with Crippen LogP contribution < -0.4 is 0 Å². The van der Waals surface area contributed by atoms with Gasteiger partial charge in [0.25, 0.3) is 0 Å². The fourth-order valence-electron chi connectivity index (χ4n) is 19.2. The fourth-order valence-corrected chi connectivity index (χ4v) is 19.2. The van der Waals surface area contributed by atoms with E-state index >= 15 is 0 Å². The molecule has 5 aliphatic carbocycles. The van der Waals surface area contributed by atoms with E-state index in [1.807, 2.05) is 27.7 Å². The van der Waals surface area contributed by atoms with Crippen molar-refractivity contribution in [2.45, 2.75) is 294 Å². The number of fused-ring (bicyclic) bond motifs is 4. The van der Waals surface area contributed by atoms with Crippen molar-refractivity contribution in [2.75, 3.05) is 13.2 Å². The van der Waals surface area contributed by atoms with Gasteiger partial charge in [0.1, 0.15) is 91.6 Å². The highest BCUT2D eigenvalue weighted by molar-refractivity contribution is 5.89. The van der Waals surface area contributed by atoms with Gasteiger partial charge in [0.05, 0.1) is 42.5 Å². The first-order valence-electron chi connectivity index (χ1n) is 32.5. The minimum atomic E-state index is -2.30. The Morgan fingerprint density at radius 2 is 1.05 bits per heavy atom. The largest absolute Gasteiger partial charge is 0.479 e. The van der Waals surface area contributed by atoms with Crippen LogP contribution in [0.3, 0.4) is 0 Å². The summed E-state index contributed by atoms with van der Waals surface area (Å²) in [6.45, 7) is 20.7. The Morgan fingerprint density at radius 3 is 1.64 bits per heavy atom. The molecule has 524 valence electrons. The lowest BCUT2D eigenvalue weighted by molar-refractivity contribution is -0.406. The van der Waals surface area contributed by atoms with E-state index in [-0.39, 0.29) is 30.3 Å². The summed E-state index contributed by atoms with van der Waals surface area (Å²) in [5, 5.41) is 158. The van der Waals surface area contributed by atoms with Crippen LogP contribution in [0.1, 0.15) is 134 Å². The third-order valence-corrected chi connectivity index (χ3v) is 24.7. The third-order valence-electron chi connectivity index (χ3n) is 24.7. The number of carbonyl (C=O) groups is 3. The number of allylic oxidation sites excluding steroid dienone is 2. The van der Waals surface area contributed by atoms with Crippen LogP contribution in [-0.2, 0) is 66.5 Å². The summed E-state index contributed by atoms with van der Waals surface area (Å²) in [6, 6.07) is 0. The summed E-state index contributed by atoms with van der Waals surface area (Å²) in [6.07, 6.45) is -37.9. The molecule has 28 nitrogen and oxygen atoms in total. The van der Waals surface area contributed by atoms with E-state index in [1.54, 1.807) is 39.8 Å². The maximum absolute atomic E-state index is 14.0. The van der Waals surface area contributed by atoms with Crippen molar-refractivity contribution < 1.29 is 138 Å². The van der Waals surface area contributed by atoms with Gasteiger partial charge in [0.2, 0.25) is 0 Å². The van der Waals surface area contributed by atoms with E-state index in [4.69, 9.17) is 52.1 Å². The second-order valence-electron chi connectivity index (χ2n) is 30.0. The topological polar surface area (TPSA) is 436 Å². The highest BCUT2D eigenvalue weighted by Crippen LogP contribution is 2.82. The molecule has 10 rings (SSSR count). The Hall–Kier alpha value is -2.99. The second kappa shape index (κ2) is 25.7. The lowest BCUT2D eigenvalue weighted by Crippen LogP contribution is -2.77. The highest BCUT2D eigenvalue weighted by Gasteiger charge is 2.86. The standard InChI is InChI=1S/C64H100O28/c1-13-25(3)51(79)90-48-49(91-52(80)26(4)14-2)64-32(21-58(48,6)7)63(92-57(64)81)20-16-31-60(10)18-17-34(59(8,9)30(60)15-19-61(31,11)62(63,12)22-33(64)67)85-56-47(89-54-42(75)39(72)36(69)28(23-65)83-54)44(43(76)45(87-56)50(77)78)86-55-46(40(73)37(70)29(24-66)84-55)88-53-41(74)38(71)35(68)27(5)82-53/h13-14,27-49,53-57,65-76,81H,15-24H2,1-12H3,(H,77,78)/b25-13-,26-14-/t27-,28+,29+,30-,31+,32-,33+,34-,35-,36-,37-,38+,39-,40-,41+,42+,43-,44-,45-,46+,47+,48-,49-,53-,54-,55-,56+,57-,60-,61+,62-,63-,64+/m0/s1. The quantitative estimate of drug-likeness (QED) is 0.0535. The predicted molar refractivity (Wildman–Crippen MR) is 312 cm³/mol. The minimum Gasteiger partial charge on any atom is -0.479 e. The van der Waals surface area contributed by atoms with Crippen LogP contribution in [0.2, 0.25) is 0 Å². The zero-order valence-corrected chi connectivity index (χ0v) is 54.4. The van der Waals surface area contributed by atoms with Gasteiger partial charge in [-0.1, -0.05) is 60.6 Å². The Bertz CT molecular complexity index is 2760. The fraction of sp³-hybridized carbons (Fsp3) is 0.891. The first-order valence-corrected chi connectivity index (χ1v) is 32.5. The molecule has 92 heavy (non-hydrogen) atoms. The molecule has 5 aliphatic heterocycles. The molecule has 33 atom stereocenters. The molecule has 0 aromatic heterocycles. The minimum absolute atomic E-state index is 0.0674. The van der Waals surface area contributed by atoms with Crippen LogP contribution in [0.25, 0.3) is 0 Å². The molecule has 0 aromatic carbocycles. The van der Waals surface area contributed by atoms with Crippen LogP contribution >= 0.6 is 0 Å².